The molecule has 0 bridgehead atoms. The Morgan fingerprint density at radius 1 is 1.16 bits per heavy atom. The minimum atomic E-state index is -0.636. The van der Waals surface area contributed by atoms with Gasteiger partial charge in [0.05, 0.1) is 30.2 Å². The van der Waals surface area contributed by atoms with Crippen LogP contribution in [-0.2, 0) is 0 Å². The van der Waals surface area contributed by atoms with Gasteiger partial charge in [-0.25, -0.2) is 0 Å². The number of aromatic amines is 1. The highest BCUT2D eigenvalue weighted by molar-refractivity contribution is 6.02. The lowest BCUT2D eigenvalue weighted by molar-refractivity contribution is -0.00570. The number of nitrogens with zero attached hydrogens (tertiary/aromatic N) is 6. The molecule has 0 atom stereocenters. The molecule has 2 aliphatic rings. The molecular formula is C26H27N7O5. The molecule has 6 rings (SSSR count). The quantitative estimate of drug-likeness (QED) is 0.409. The van der Waals surface area contributed by atoms with Gasteiger partial charge in [0.2, 0.25) is 5.82 Å². The molecular weight excluding hydrogens is 490 g/mol. The van der Waals surface area contributed by atoms with E-state index in [1.54, 1.807) is 35.4 Å². The molecule has 12 heteroatoms. The number of amides is 1. The second-order valence-corrected chi connectivity index (χ2v) is 9.40. The Hall–Kier alpha value is -4.48. The van der Waals surface area contributed by atoms with E-state index in [2.05, 4.69) is 25.7 Å². The molecule has 2 aromatic heterocycles. The van der Waals surface area contributed by atoms with Gasteiger partial charge in [-0.3, -0.25) is 9.59 Å². The molecule has 1 N–H and O–H groups in total. The van der Waals surface area contributed by atoms with Gasteiger partial charge in [-0.15, -0.1) is 15.3 Å². The van der Waals surface area contributed by atoms with Crippen molar-refractivity contribution in [3.63, 3.8) is 0 Å². The minimum absolute atomic E-state index is 0.00682. The lowest BCUT2D eigenvalue weighted by atomic mass is 9.82. The third kappa shape index (κ3) is 4.11. The van der Waals surface area contributed by atoms with E-state index in [0.717, 1.165) is 5.39 Å². The third-order valence-electron chi connectivity index (χ3n) is 7.07. The number of hydrogen-bond acceptors (Lipinski definition) is 9. The van der Waals surface area contributed by atoms with E-state index in [1.807, 2.05) is 19.9 Å². The van der Waals surface area contributed by atoms with E-state index >= 15 is 0 Å². The standard InChI is InChI=1S/C26H27N7O5/c1-3-36-23-13-17(12-20-19(23)15-27-33(20)37-4-2)25(35)32-9-7-26(8-10-32)14-21(34)18-11-16(5-6-22(18)38-26)24-28-30-31-29-24/h5-6,11-13,15H,3-4,7-10,14H2,1-2H3,(H,28,29,30,31). The number of piperidine rings is 1. The lowest BCUT2D eigenvalue weighted by Crippen LogP contribution is -2.52. The van der Waals surface area contributed by atoms with Crippen LogP contribution in [0.4, 0.5) is 0 Å². The number of nitrogens with one attached hydrogen (secondary N) is 1. The molecule has 1 amide bonds. The summed E-state index contributed by atoms with van der Waals surface area (Å²) >= 11 is 0. The molecule has 12 nitrogen and oxygen atoms in total. The number of aromatic nitrogens is 6. The number of likely N-dealkylation sites (tertiary alicyclic amines) is 1. The molecule has 1 fully saturated rings. The Balaban J connectivity index is 1.20. The van der Waals surface area contributed by atoms with Crippen LogP contribution in [0.15, 0.2) is 36.5 Å². The molecule has 2 aliphatic heterocycles. The Morgan fingerprint density at radius 2 is 2.00 bits per heavy atom. The van der Waals surface area contributed by atoms with Gasteiger partial charge in [-0.05, 0) is 49.4 Å². The van der Waals surface area contributed by atoms with Crippen molar-refractivity contribution in [3.05, 3.63) is 47.7 Å². The molecule has 196 valence electrons. The van der Waals surface area contributed by atoms with Crippen molar-refractivity contribution in [2.24, 2.45) is 0 Å². The first-order valence-electron chi connectivity index (χ1n) is 12.7. The van der Waals surface area contributed by atoms with E-state index in [9.17, 15) is 9.59 Å². The maximum absolute atomic E-state index is 13.5. The highest BCUT2D eigenvalue weighted by atomic mass is 16.7. The molecule has 1 saturated heterocycles. The zero-order valence-electron chi connectivity index (χ0n) is 21.1. The summed E-state index contributed by atoms with van der Waals surface area (Å²) in [7, 11) is 0. The second-order valence-electron chi connectivity index (χ2n) is 9.40. The summed E-state index contributed by atoms with van der Waals surface area (Å²) < 4.78 is 12.2. The average molecular weight is 518 g/mol. The second kappa shape index (κ2) is 9.43. The van der Waals surface area contributed by atoms with Crippen LogP contribution in [0.25, 0.3) is 22.3 Å². The van der Waals surface area contributed by atoms with E-state index in [0.29, 0.717) is 78.7 Å². The highest BCUT2D eigenvalue weighted by Crippen LogP contribution is 2.41. The van der Waals surface area contributed by atoms with Crippen LogP contribution in [0.5, 0.6) is 11.5 Å². The molecule has 0 saturated carbocycles. The predicted octanol–water partition coefficient (Wildman–Crippen LogP) is 2.70. The van der Waals surface area contributed by atoms with E-state index in [-0.39, 0.29) is 18.1 Å². The number of benzene rings is 2. The Labute approximate surface area is 217 Å². The summed E-state index contributed by atoms with van der Waals surface area (Å²) in [6.45, 7) is 5.60. The SMILES string of the molecule is CCOc1cc(C(=O)N2CCC3(CC2)CC(=O)c2cc(-c4nn[nH]n4)ccc2O3)cc2c1cnn2OCC. The molecule has 0 radical (unpaired) electrons. The maximum Gasteiger partial charge on any atom is 0.254 e. The maximum atomic E-state index is 13.5. The Bertz CT molecular complexity index is 1510. The van der Waals surface area contributed by atoms with Crippen molar-refractivity contribution in [2.45, 2.75) is 38.7 Å². The van der Waals surface area contributed by atoms with Gasteiger partial charge in [0, 0.05) is 37.1 Å². The van der Waals surface area contributed by atoms with Crippen molar-refractivity contribution in [2.75, 3.05) is 26.3 Å². The van der Waals surface area contributed by atoms with Gasteiger partial charge in [-0.2, -0.15) is 5.21 Å². The number of H-pyrrole nitrogens is 1. The number of Topliss-reactive ketones (excluding diaryl/α,β-unsaturated/α-hetero) is 1. The van der Waals surface area contributed by atoms with Crippen molar-refractivity contribution in [3.8, 4) is 22.9 Å². The van der Waals surface area contributed by atoms with Crippen molar-refractivity contribution < 1.29 is 23.9 Å². The van der Waals surface area contributed by atoms with E-state index in [4.69, 9.17) is 14.3 Å². The highest BCUT2D eigenvalue weighted by Gasteiger charge is 2.44. The summed E-state index contributed by atoms with van der Waals surface area (Å²) in [5.41, 5.74) is 1.74. The molecule has 4 heterocycles. The molecule has 4 aromatic rings. The zero-order valence-corrected chi connectivity index (χ0v) is 21.1. The monoisotopic (exact) mass is 517 g/mol. The molecule has 38 heavy (non-hydrogen) atoms. The summed E-state index contributed by atoms with van der Waals surface area (Å²) in [5, 5.41) is 19.0. The minimum Gasteiger partial charge on any atom is -0.493 e. The van der Waals surface area contributed by atoms with Crippen LogP contribution in [0.3, 0.4) is 0 Å². The smallest absolute Gasteiger partial charge is 0.254 e. The number of tetrazole rings is 1. The Kier molecular flexibility index (Phi) is 5.93. The summed E-state index contributed by atoms with van der Waals surface area (Å²) in [4.78, 5) is 35.5. The number of carbonyl (C=O) groups excluding carboxylic acids is 2. The van der Waals surface area contributed by atoms with Gasteiger partial charge in [-0.1, -0.05) is 4.85 Å². The molecule has 1 spiro atoms. The van der Waals surface area contributed by atoms with Crippen LogP contribution in [0.1, 0.15) is 53.8 Å². The number of ether oxygens (including phenoxy) is 2. The summed E-state index contributed by atoms with van der Waals surface area (Å²) in [6.07, 6.45) is 3.03. The number of fused-ring (bicyclic) bond motifs is 2. The summed E-state index contributed by atoms with van der Waals surface area (Å²) in [5.74, 6) is 1.45. The van der Waals surface area contributed by atoms with E-state index in [1.165, 1.54) is 4.85 Å². The zero-order chi connectivity index (χ0) is 26.3. The van der Waals surface area contributed by atoms with Crippen LogP contribution >= 0.6 is 0 Å². The first-order valence-corrected chi connectivity index (χ1v) is 12.7. The molecule has 0 unspecified atom stereocenters. The number of ketones is 1. The van der Waals surface area contributed by atoms with E-state index < -0.39 is 5.60 Å². The normalized spacial score (nSPS) is 16.4. The van der Waals surface area contributed by atoms with Crippen LogP contribution in [0.2, 0.25) is 0 Å². The number of rotatable bonds is 6. The van der Waals surface area contributed by atoms with Gasteiger partial charge in [0.1, 0.15) is 29.2 Å². The topological polar surface area (TPSA) is 137 Å². The first-order chi connectivity index (χ1) is 18.5. The van der Waals surface area contributed by atoms with Crippen LogP contribution < -0.4 is 14.3 Å². The lowest BCUT2D eigenvalue weighted by Gasteiger charge is -2.44. The van der Waals surface area contributed by atoms with Gasteiger partial charge >= 0.3 is 0 Å². The molecule has 2 aromatic carbocycles. The van der Waals surface area contributed by atoms with Crippen LogP contribution in [0, 0.1) is 0 Å². The predicted molar refractivity (Wildman–Crippen MR) is 135 cm³/mol. The van der Waals surface area contributed by atoms with Crippen molar-refractivity contribution in [1.29, 1.82) is 0 Å². The number of hydrogen-bond donors (Lipinski definition) is 1. The average Bonchev–Trinajstić information content (AvgIpc) is 3.60. The first kappa shape index (κ1) is 23.9. The summed E-state index contributed by atoms with van der Waals surface area (Å²) in [6, 6.07) is 8.88. The largest absolute Gasteiger partial charge is 0.493 e. The fraction of sp³-hybridized carbons (Fsp3) is 0.385. The third-order valence-corrected chi connectivity index (χ3v) is 7.07. The van der Waals surface area contributed by atoms with Gasteiger partial charge in [0.15, 0.2) is 5.78 Å². The molecule has 0 aliphatic carbocycles. The van der Waals surface area contributed by atoms with Gasteiger partial charge in [0.25, 0.3) is 5.91 Å². The Morgan fingerprint density at radius 3 is 2.74 bits per heavy atom. The fourth-order valence-electron chi connectivity index (χ4n) is 5.19. The van der Waals surface area contributed by atoms with Gasteiger partial charge < -0.3 is 19.2 Å². The van der Waals surface area contributed by atoms with Crippen molar-refractivity contribution >= 4 is 22.6 Å². The van der Waals surface area contributed by atoms with Crippen molar-refractivity contribution in [1.82, 2.24) is 35.5 Å². The van der Waals surface area contributed by atoms with Crippen LogP contribution in [-0.4, -0.2) is 79.1 Å². The fourth-order valence-corrected chi connectivity index (χ4v) is 5.19. The number of carbonyl (C=O) groups is 2.